The molecule has 3 atom stereocenters. The molecule has 0 spiro atoms. The van der Waals surface area contributed by atoms with Crippen molar-refractivity contribution < 1.29 is 28.9 Å². The maximum absolute atomic E-state index is 12.9. The molecule has 2 aliphatic rings. The summed E-state index contributed by atoms with van der Waals surface area (Å²) in [7, 11) is 1.24. The van der Waals surface area contributed by atoms with Gasteiger partial charge in [-0.15, -0.1) is 0 Å². The highest BCUT2D eigenvalue weighted by molar-refractivity contribution is 6.04. The highest BCUT2D eigenvalue weighted by Crippen LogP contribution is 2.47. The molecule has 3 unspecified atom stereocenters. The molecular formula is C29H25NO6. The fourth-order valence-electron chi connectivity index (χ4n) is 4.78. The minimum atomic E-state index is -1.32. The number of carboxylic acids is 1. The van der Waals surface area contributed by atoms with Crippen LogP contribution >= 0.6 is 0 Å². The first kappa shape index (κ1) is 23.4. The van der Waals surface area contributed by atoms with Gasteiger partial charge in [-0.1, -0.05) is 60.7 Å². The quantitative estimate of drug-likeness (QED) is 0.335. The largest absolute Gasteiger partial charge is 0.478 e. The number of ether oxygens (including phenoxy) is 3. The third kappa shape index (κ3) is 4.36. The first-order chi connectivity index (χ1) is 17.5. The molecule has 7 heteroatoms. The Hall–Kier alpha value is -4.36. The van der Waals surface area contributed by atoms with E-state index in [0.29, 0.717) is 17.9 Å². The highest BCUT2D eigenvalue weighted by Gasteiger charge is 2.58. The number of rotatable bonds is 9. The van der Waals surface area contributed by atoms with Crippen molar-refractivity contribution in [3.8, 4) is 11.5 Å². The minimum Gasteiger partial charge on any atom is -0.478 e. The second-order valence-electron chi connectivity index (χ2n) is 8.61. The molecule has 3 aromatic rings. The first-order valence-electron chi connectivity index (χ1n) is 11.6. The molecule has 0 fully saturated rings. The van der Waals surface area contributed by atoms with Gasteiger partial charge in [-0.2, -0.15) is 0 Å². The number of hydrogen-bond acceptors (Lipinski definition) is 6. The molecule has 2 bridgehead atoms. The molecule has 2 N–H and O–H groups in total. The van der Waals surface area contributed by atoms with Gasteiger partial charge in [-0.3, -0.25) is 0 Å². The molecule has 0 radical (unpaired) electrons. The smallest absolute Gasteiger partial charge is 0.337 e. The van der Waals surface area contributed by atoms with Crippen molar-refractivity contribution in [2.24, 2.45) is 0 Å². The van der Waals surface area contributed by atoms with Crippen LogP contribution in [0.4, 0.5) is 5.69 Å². The lowest BCUT2D eigenvalue weighted by molar-refractivity contribution is -0.139. The van der Waals surface area contributed by atoms with E-state index in [-0.39, 0.29) is 11.1 Å². The summed E-state index contributed by atoms with van der Waals surface area (Å²) >= 11 is 0. The number of esters is 1. The number of aliphatic carboxylic acids is 1. The Kier molecular flexibility index (Phi) is 6.31. The van der Waals surface area contributed by atoms with E-state index in [0.717, 1.165) is 11.3 Å². The number of para-hydroxylation sites is 1. The lowest BCUT2D eigenvalue weighted by Gasteiger charge is -2.36. The van der Waals surface area contributed by atoms with Crippen LogP contribution < -0.4 is 10.1 Å². The van der Waals surface area contributed by atoms with Gasteiger partial charge in [-0.05, 0) is 42.3 Å². The number of methoxy groups -OCH3 is 1. The van der Waals surface area contributed by atoms with Crippen molar-refractivity contribution in [1.29, 1.82) is 0 Å². The Labute approximate surface area is 208 Å². The van der Waals surface area contributed by atoms with E-state index in [1.165, 1.54) is 7.11 Å². The average Bonchev–Trinajstić information content (AvgIpc) is 3.48. The summed E-state index contributed by atoms with van der Waals surface area (Å²) in [5.41, 5.74) is 0.319. The summed E-state index contributed by atoms with van der Waals surface area (Å²) in [5, 5.41) is 13.4. The molecule has 0 amide bonds. The first-order valence-corrected chi connectivity index (χ1v) is 11.6. The third-order valence-corrected chi connectivity index (χ3v) is 6.36. The molecule has 5 rings (SSSR count). The van der Waals surface area contributed by atoms with Crippen LogP contribution in [-0.4, -0.2) is 41.9 Å². The van der Waals surface area contributed by atoms with Gasteiger partial charge in [0.05, 0.1) is 24.3 Å². The summed E-state index contributed by atoms with van der Waals surface area (Å²) in [4.78, 5) is 25.0. The fraction of sp³-hybridized carbons (Fsp3) is 0.172. The van der Waals surface area contributed by atoms with Gasteiger partial charge in [0, 0.05) is 11.8 Å². The van der Waals surface area contributed by atoms with E-state index in [9.17, 15) is 14.7 Å². The zero-order valence-corrected chi connectivity index (χ0v) is 19.6. The molecule has 2 heterocycles. The number of nitrogens with one attached hydrogen (secondary N) is 1. The summed E-state index contributed by atoms with van der Waals surface area (Å²) < 4.78 is 17.2. The van der Waals surface area contributed by atoms with Crippen LogP contribution in [-0.2, 0) is 25.5 Å². The molecule has 2 aliphatic heterocycles. The lowest BCUT2D eigenvalue weighted by atomic mass is 9.79. The summed E-state index contributed by atoms with van der Waals surface area (Å²) in [6, 6.07) is 26.1. The molecule has 36 heavy (non-hydrogen) atoms. The van der Waals surface area contributed by atoms with Crippen molar-refractivity contribution in [3.63, 3.8) is 0 Å². The van der Waals surface area contributed by atoms with Gasteiger partial charge in [0.2, 0.25) is 0 Å². The molecule has 7 nitrogen and oxygen atoms in total. The topological polar surface area (TPSA) is 94.1 Å². The van der Waals surface area contributed by atoms with Gasteiger partial charge >= 0.3 is 11.9 Å². The minimum absolute atomic E-state index is 0.00937. The van der Waals surface area contributed by atoms with Gasteiger partial charge in [0.15, 0.2) is 0 Å². The molecule has 3 aromatic carbocycles. The molecule has 0 aliphatic carbocycles. The van der Waals surface area contributed by atoms with Crippen LogP contribution in [0.15, 0.2) is 108 Å². The Morgan fingerprint density at radius 1 is 1.00 bits per heavy atom. The number of fused-ring (bicyclic) bond motifs is 2. The molecular weight excluding hydrogens is 458 g/mol. The van der Waals surface area contributed by atoms with Crippen LogP contribution in [0.1, 0.15) is 5.56 Å². The van der Waals surface area contributed by atoms with Crippen LogP contribution in [0.25, 0.3) is 0 Å². The van der Waals surface area contributed by atoms with Gasteiger partial charge in [0.1, 0.15) is 23.2 Å². The number of benzene rings is 3. The SMILES string of the molecule is COC(=O)C1=C(C(=O)O)C2C=CC1(C(Cc1ccccc1)Nc1cccc(Oc3ccccc3)c1)O2. The number of carbonyl (C=O) groups excluding carboxylic acids is 1. The maximum Gasteiger partial charge on any atom is 0.337 e. The Morgan fingerprint density at radius 2 is 1.69 bits per heavy atom. The fourth-order valence-corrected chi connectivity index (χ4v) is 4.78. The van der Waals surface area contributed by atoms with Crippen LogP contribution in [0.2, 0.25) is 0 Å². The van der Waals surface area contributed by atoms with E-state index in [1.54, 1.807) is 12.2 Å². The van der Waals surface area contributed by atoms with E-state index >= 15 is 0 Å². The van der Waals surface area contributed by atoms with Crippen molar-refractivity contribution in [1.82, 2.24) is 0 Å². The summed E-state index contributed by atoms with van der Waals surface area (Å²) in [6.07, 6.45) is 3.07. The summed E-state index contributed by atoms with van der Waals surface area (Å²) in [5.74, 6) is -0.593. The van der Waals surface area contributed by atoms with Gasteiger partial charge < -0.3 is 24.6 Å². The van der Waals surface area contributed by atoms with Crippen LogP contribution in [0.5, 0.6) is 11.5 Å². The number of anilines is 1. The zero-order chi connectivity index (χ0) is 25.1. The maximum atomic E-state index is 12.9. The second-order valence-corrected chi connectivity index (χ2v) is 8.61. The third-order valence-electron chi connectivity index (χ3n) is 6.36. The second kappa shape index (κ2) is 9.71. The standard InChI is InChI=1S/C29H25NO6/c1-34-28(33)26-25(27(31)32)23-15-16-29(26,36-23)24(17-19-9-4-2-5-10-19)30-20-11-8-14-22(18-20)35-21-12-6-3-7-13-21/h2-16,18,23-24,30H,17H2,1H3,(H,31,32). The van der Waals surface area contributed by atoms with Crippen molar-refractivity contribution in [2.75, 3.05) is 12.4 Å². The molecule has 0 saturated heterocycles. The normalized spacial score (nSPS) is 20.8. The zero-order valence-electron chi connectivity index (χ0n) is 19.6. The highest BCUT2D eigenvalue weighted by atomic mass is 16.5. The van der Waals surface area contributed by atoms with E-state index in [1.807, 2.05) is 84.9 Å². The Morgan fingerprint density at radius 3 is 2.39 bits per heavy atom. The average molecular weight is 484 g/mol. The summed E-state index contributed by atoms with van der Waals surface area (Å²) in [6.45, 7) is 0. The Bertz CT molecular complexity index is 1330. The van der Waals surface area contributed by atoms with Crippen LogP contribution in [0.3, 0.4) is 0 Å². The number of carboxylic acid groups (broad SMARTS) is 1. The monoisotopic (exact) mass is 483 g/mol. The molecule has 0 saturated carbocycles. The number of carbonyl (C=O) groups is 2. The van der Waals surface area contributed by atoms with E-state index in [2.05, 4.69) is 5.32 Å². The van der Waals surface area contributed by atoms with Gasteiger partial charge in [0.25, 0.3) is 0 Å². The van der Waals surface area contributed by atoms with E-state index in [4.69, 9.17) is 14.2 Å². The van der Waals surface area contributed by atoms with Crippen molar-refractivity contribution >= 4 is 17.6 Å². The van der Waals surface area contributed by atoms with E-state index < -0.39 is 29.7 Å². The van der Waals surface area contributed by atoms with Crippen LogP contribution in [0, 0.1) is 0 Å². The Balaban J connectivity index is 1.53. The van der Waals surface area contributed by atoms with Crippen molar-refractivity contribution in [3.05, 3.63) is 114 Å². The predicted molar refractivity (Wildman–Crippen MR) is 134 cm³/mol. The van der Waals surface area contributed by atoms with Crippen molar-refractivity contribution in [2.45, 2.75) is 24.2 Å². The van der Waals surface area contributed by atoms with Gasteiger partial charge in [-0.25, -0.2) is 9.59 Å². The number of hydrogen-bond donors (Lipinski definition) is 2. The predicted octanol–water partition coefficient (Wildman–Crippen LogP) is 4.76. The lowest BCUT2D eigenvalue weighted by Crippen LogP contribution is -2.49. The molecule has 182 valence electrons. The molecule has 0 aromatic heterocycles.